The van der Waals surface area contributed by atoms with Crippen LogP contribution in [0, 0.1) is 12.8 Å². The molecular weight excluding hydrogens is 506 g/mol. The molecule has 2 bridgehead atoms. The summed E-state index contributed by atoms with van der Waals surface area (Å²) in [5.74, 6) is 0.918. The molecule has 2 N–H and O–H groups in total. The van der Waals surface area contributed by atoms with Crippen molar-refractivity contribution < 1.29 is 9.90 Å². The monoisotopic (exact) mass is 551 g/mol. The number of nitrogens with one attached hydrogen (secondary N) is 1. The van der Waals surface area contributed by atoms with E-state index in [9.17, 15) is 9.90 Å². The number of aryl methyl sites for hydroxylation is 1. The number of benzene rings is 3. The SMILES string of the molecule is Cc1ccccc1CCN1CC(C)C2(c3cccc(O)c3)CC1C[C@H](NC(=O)CCN1CCc3ccccc3C1)C2. The van der Waals surface area contributed by atoms with Crippen LogP contribution in [-0.4, -0.2) is 59.1 Å². The lowest BCUT2D eigenvalue weighted by molar-refractivity contribution is -0.123. The lowest BCUT2D eigenvalue weighted by Crippen LogP contribution is -2.61. The van der Waals surface area contributed by atoms with E-state index in [1.807, 2.05) is 12.1 Å². The van der Waals surface area contributed by atoms with Gasteiger partial charge in [-0.2, -0.15) is 0 Å². The smallest absolute Gasteiger partial charge is 0.221 e. The summed E-state index contributed by atoms with van der Waals surface area (Å²) >= 11 is 0. The third-order valence-electron chi connectivity index (χ3n) is 10.3. The van der Waals surface area contributed by atoms with Gasteiger partial charge in [0.15, 0.2) is 0 Å². The van der Waals surface area contributed by atoms with E-state index in [1.165, 1.54) is 27.8 Å². The highest BCUT2D eigenvalue weighted by atomic mass is 16.3. The maximum absolute atomic E-state index is 13.3. The van der Waals surface area contributed by atoms with E-state index in [1.54, 1.807) is 6.07 Å². The molecule has 2 fully saturated rings. The van der Waals surface area contributed by atoms with Gasteiger partial charge in [-0.1, -0.05) is 67.6 Å². The molecule has 3 aromatic carbocycles. The van der Waals surface area contributed by atoms with Crippen LogP contribution in [0.4, 0.5) is 0 Å². The number of likely N-dealkylation sites (tertiary alicyclic amines) is 1. The van der Waals surface area contributed by atoms with Gasteiger partial charge in [0.05, 0.1) is 0 Å². The van der Waals surface area contributed by atoms with Gasteiger partial charge >= 0.3 is 0 Å². The Morgan fingerprint density at radius 2 is 1.80 bits per heavy atom. The van der Waals surface area contributed by atoms with E-state index in [0.717, 1.165) is 64.8 Å². The number of aromatic hydroxyl groups is 1. The van der Waals surface area contributed by atoms with Crippen LogP contribution in [0.3, 0.4) is 0 Å². The van der Waals surface area contributed by atoms with E-state index in [2.05, 4.69) is 83.6 Å². The van der Waals surface area contributed by atoms with E-state index < -0.39 is 0 Å². The molecule has 1 saturated heterocycles. The molecule has 0 radical (unpaired) electrons. The molecule has 1 saturated carbocycles. The van der Waals surface area contributed by atoms with Crippen LogP contribution in [0.5, 0.6) is 5.75 Å². The molecular formula is C36H45N3O2. The molecule has 0 aromatic heterocycles. The van der Waals surface area contributed by atoms with Crippen molar-refractivity contribution in [3.63, 3.8) is 0 Å². The van der Waals surface area contributed by atoms with Gasteiger partial charge in [0.25, 0.3) is 0 Å². The van der Waals surface area contributed by atoms with Crippen molar-refractivity contribution >= 4 is 5.91 Å². The van der Waals surface area contributed by atoms with E-state index in [-0.39, 0.29) is 17.4 Å². The second kappa shape index (κ2) is 12.0. The molecule has 41 heavy (non-hydrogen) atoms. The van der Waals surface area contributed by atoms with E-state index >= 15 is 0 Å². The van der Waals surface area contributed by atoms with Crippen LogP contribution in [0.1, 0.15) is 60.4 Å². The lowest BCUT2D eigenvalue weighted by Gasteiger charge is -2.56. The fraction of sp³-hybridized carbons (Fsp3) is 0.472. The van der Waals surface area contributed by atoms with Crippen LogP contribution >= 0.6 is 0 Å². The number of amides is 1. The first-order chi connectivity index (χ1) is 19.9. The highest BCUT2D eigenvalue weighted by Crippen LogP contribution is 2.50. The molecule has 3 unspecified atom stereocenters. The minimum atomic E-state index is -0.0463. The summed E-state index contributed by atoms with van der Waals surface area (Å²) in [5.41, 5.74) is 6.80. The van der Waals surface area contributed by atoms with Gasteiger partial charge in [-0.25, -0.2) is 0 Å². The zero-order chi connectivity index (χ0) is 28.4. The van der Waals surface area contributed by atoms with Gasteiger partial charge in [0.2, 0.25) is 5.91 Å². The van der Waals surface area contributed by atoms with Gasteiger partial charge in [0.1, 0.15) is 5.75 Å². The summed E-state index contributed by atoms with van der Waals surface area (Å²) in [5, 5.41) is 13.9. The van der Waals surface area contributed by atoms with Crippen LogP contribution in [0.2, 0.25) is 0 Å². The number of phenolic OH excluding ortho intramolecular Hbond substituents is 1. The Labute approximate surface area is 245 Å². The number of phenols is 1. The summed E-state index contributed by atoms with van der Waals surface area (Å²) in [6, 6.07) is 25.8. The third-order valence-corrected chi connectivity index (χ3v) is 10.3. The Morgan fingerprint density at radius 3 is 2.63 bits per heavy atom. The number of hydrogen-bond donors (Lipinski definition) is 2. The standard InChI is InChI=1S/C36H45N3O2/c1-26-8-3-4-9-28(26)15-19-39-24-27(2)36(31-12-7-13-34(40)20-31)22-32(21-33(39)23-36)37-35(41)16-18-38-17-14-29-10-5-6-11-30(29)25-38/h3-13,20,27,32-33,40H,14-19,21-25H2,1-2H3,(H,37,41)/t27?,32-,33?,36?/m0/s1. The van der Waals surface area contributed by atoms with Crippen LogP contribution < -0.4 is 5.32 Å². The minimum absolute atomic E-state index is 0.0463. The highest BCUT2D eigenvalue weighted by molar-refractivity contribution is 5.76. The Balaban J connectivity index is 1.14. The molecule has 0 spiro atoms. The summed E-state index contributed by atoms with van der Waals surface area (Å²) in [7, 11) is 0. The zero-order valence-electron chi connectivity index (χ0n) is 24.7. The van der Waals surface area contributed by atoms with Gasteiger partial charge in [0, 0.05) is 56.6 Å². The average molecular weight is 552 g/mol. The summed E-state index contributed by atoms with van der Waals surface area (Å²) in [4.78, 5) is 18.4. The first-order valence-electron chi connectivity index (χ1n) is 15.6. The summed E-state index contributed by atoms with van der Waals surface area (Å²) < 4.78 is 0. The maximum atomic E-state index is 13.3. The van der Waals surface area contributed by atoms with Gasteiger partial charge in [-0.05, 0) is 84.9 Å². The first kappa shape index (κ1) is 28.0. The predicted octanol–water partition coefficient (Wildman–Crippen LogP) is 5.62. The molecule has 5 nitrogen and oxygen atoms in total. The van der Waals surface area contributed by atoms with Crippen molar-refractivity contribution in [1.82, 2.24) is 15.1 Å². The number of carbonyl (C=O) groups excluding carboxylic acids is 1. The predicted molar refractivity (Wildman–Crippen MR) is 165 cm³/mol. The number of piperidine rings is 1. The fourth-order valence-corrected chi connectivity index (χ4v) is 7.97. The molecule has 2 aliphatic heterocycles. The van der Waals surface area contributed by atoms with Crippen molar-refractivity contribution in [2.45, 2.75) is 76.4 Å². The Bertz CT molecular complexity index is 1370. The van der Waals surface area contributed by atoms with Gasteiger partial charge < -0.3 is 10.4 Å². The Morgan fingerprint density at radius 1 is 1.00 bits per heavy atom. The number of nitrogens with zero attached hydrogens (tertiary/aromatic N) is 2. The molecule has 6 rings (SSSR count). The van der Waals surface area contributed by atoms with Crippen molar-refractivity contribution in [2.24, 2.45) is 5.92 Å². The van der Waals surface area contributed by atoms with Crippen LogP contribution in [0.15, 0.2) is 72.8 Å². The number of carbonyl (C=O) groups is 1. The van der Waals surface area contributed by atoms with Crippen LogP contribution in [-0.2, 0) is 29.6 Å². The number of rotatable bonds is 8. The molecule has 3 aromatic rings. The topological polar surface area (TPSA) is 55.8 Å². The maximum Gasteiger partial charge on any atom is 0.221 e. The van der Waals surface area contributed by atoms with Crippen molar-refractivity contribution in [3.8, 4) is 5.75 Å². The molecule has 3 aliphatic rings. The Hall–Kier alpha value is -3.15. The molecule has 5 heteroatoms. The lowest BCUT2D eigenvalue weighted by atomic mass is 9.57. The van der Waals surface area contributed by atoms with Crippen LogP contribution in [0.25, 0.3) is 0 Å². The quantitative estimate of drug-likeness (QED) is 0.382. The summed E-state index contributed by atoms with van der Waals surface area (Å²) in [6.45, 7) is 9.41. The van der Waals surface area contributed by atoms with Crippen molar-refractivity contribution in [1.29, 1.82) is 0 Å². The van der Waals surface area contributed by atoms with E-state index in [0.29, 0.717) is 24.1 Å². The van der Waals surface area contributed by atoms with Crippen molar-refractivity contribution in [2.75, 3.05) is 26.2 Å². The molecule has 4 atom stereocenters. The third kappa shape index (κ3) is 6.07. The molecule has 1 aliphatic carbocycles. The highest BCUT2D eigenvalue weighted by Gasteiger charge is 2.51. The average Bonchev–Trinajstić information content (AvgIpc) is 2.98. The normalized spacial score (nSPS) is 26.3. The second-order valence-corrected chi connectivity index (χ2v) is 12.9. The Kier molecular flexibility index (Phi) is 8.19. The first-order valence-corrected chi connectivity index (χ1v) is 15.6. The number of fused-ring (bicyclic) bond motifs is 3. The van der Waals surface area contributed by atoms with Gasteiger partial charge in [-0.15, -0.1) is 0 Å². The second-order valence-electron chi connectivity index (χ2n) is 12.9. The molecule has 216 valence electrons. The van der Waals surface area contributed by atoms with E-state index in [4.69, 9.17) is 0 Å². The molecule has 1 amide bonds. The molecule has 2 heterocycles. The zero-order valence-corrected chi connectivity index (χ0v) is 24.7. The fourth-order valence-electron chi connectivity index (χ4n) is 7.97. The minimum Gasteiger partial charge on any atom is -0.508 e. The largest absolute Gasteiger partial charge is 0.508 e. The van der Waals surface area contributed by atoms with Crippen molar-refractivity contribution in [3.05, 3.63) is 101 Å². The summed E-state index contributed by atoms with van der Waals surface area (Å²) in [6.07, 6.45) is 5.64. The van der Waals surface area contributed by atoms with Gasteiger partial charge in [-0.3, -0.25) is 14.6 Å². The number of hydrogen-bond acceptors (Lipinski definition) is 4.